The summed E-state index contributed by atoms with van der Waals surface area (Å²) in [4.78, 5) is 40.4. The number of nitrogens with zero attached hydrogens (tertiary/aromatic N) is 5. The molecule has 1 aliphatic carbocycles. The van der Waals surface area contributed by atoms with Crippen LogP contribution in [0.2, 0.25) is 0 Å². The summed E-state index contributed by atoms with van der Waals surface area (Å²) >= 11 is 1.23. The minimum Gasteiger partial charge on any atom is -0.341 e. The third-order valence-electron chi connectivity index (χ3n) is 6.99. The molecule has 0 atom stereocenters. The van der Waals surface area contributed by atoms with Gasteiger partial charge >= 0.3 is 6.03 Å². The fourth-order valence-corrected chi connectivity index (χ4v) is 5.82. The zero-order valence-electron chi connectivity index (χ0n) is 20.0. The van der Waals surface area contributed by atoms with Crippen molar-refractivity contribution in [3.63, 3.8) is 0 Å². The molecule has 2 saturated heterocycles. The molecule has 10 nitrogen and oxygen atoms in total. The standard InChI is InChI=1S/C24H31N7O3S/c1-17-8-10-18(11-9-17)30-21(29-14-6-3-7-15-29)26-27-23(30)35-16-19(32)28-31-20(33)24(25-22(31)34)12-4-2-5-13-24/h8-11H,2-7,12-16H2,1H3,(H,25,34)(H,28,32). The molecule has 186 valence electrons. The zero-order valence-corrected chi connectivity index (χ0v) is 20.8. The molecule has 2 aromatic rings. The Morgan fingerprint density at radius 2 is 1.71 bits per heavy atom. The number of hydrogen-bond donors (Lipinski definition) is 2. The molecule has 0 bridgehead atoms. The number of piperidine rings is 1. The van der Waals surface area contributed by atoms with Gasteiger partial charge in [0.25, 0.3) is 5.91 Å². The summed E-state index contributed by atoms with van der Waals surface area (Å²) in [5, 5.41) is 13.1. The Hall–Kier alpha value is -3.08. The summed E-state index contributed by atoms with van der Waals surface area (Å²) in [6.45, 7) is 3.88. The van der Waals surface area contributed by atoms with Crippen molar-refractivity contribution in [2.75, 3.05) is 23.7 Å². The maximum atomic E-state index is 12.9. The molecule has 1 aromatic heterocycles. The van der Waals surface area contributed by atoms with Gasteiger partial charge in [-0.25, -0.2) is 4.79 Å². The largest absolute Gasteiger partial charge is 0.344 e. The van der Waals surface area contributed by atoms with Crippen molar-refractivity contribution in [1.29, 1.82) is 0 Å². The first-order valence-electron chi connectivity index (χ1n) is 12.3. The molecule has 2 N–H and O–H groups in total. The van der Waals surface area contributed by atoms with Crippen molar-refractivity contribution in [3.05, 3.63) is 29.8 Å². The number of anilines is 1. The number of hydrogen-bond acceptors (Lipinski definition) is 7. The number of carbonyl (C=O) groups is 3. The number of urea groups is 1. The van der Waals surface area contributed by atoms with Crippen molar-refractivity contribution in [1.82, 2.24) is 30.5 Å². The number of amides is 4. The van der Waals surface area contributed by atoms with Crippen molar-refractivity contribution >= 4 is 35.6 Å². The third-order valence-corrected chi connectivity index (χ3v) is 7.91. The zero-order chi connectivity index (χ0) is 24.4. The Balaban J connectivity index is 1.30. The average molecular weight is 498 g/mol. The number of rotatable bonds is 6. The summed E-state index contributed by atoms with van der Waals surface area (Å²) in [6.07, 6.45) is 7.47. The van der Waals surface area contributed by atoms with Crippen molar-refractivity contribution in [2.45, 2.75) is 69.0 Å². The summed E-state index contributed by atoms with van der Waals surface area (Å²) in [7, 11) is 0. The van der Waals surface area contributed by atoms with E-state index in [0.29, 0.717) is 18.0 Å². The van der Waals surface area contributed by atoms with Crippen molar-refractivity contribution in [2.24, 2.45) is 0 Å². The van der Waals surface area contributed by atoms with Crippen LogP contribution in [0, 0.1) is 6.92 Å². The second-order valence-corrected chi connectivity index (χ2v) is 10.5. The van der Waals surface area contributed by atoms with Crippen LogP contribution in [0.25, 0.3) is 5.69 Å². The molecule has 0 unspecified atom stereocenters. The van der Waals surface area contributed by atoms with Crippen LogP contribution in [0.4, 0.5) is 10.7 Å². The molecule has 5 rings (SSSR count). The highest BCUT2D eigenvalue weighted by Crippen LogP contribution is 2.33. The second kappa shape index (κ2) is 9.88. The number of nitrogens with one attached hydrogen (secondary N) is 2. The summed E-state index contributed by atoms with van der Waals surface area (Å²) in [5.41, 5.74) is 3.71. The molecule has 3 heterocycles. The maximum absolute atomic E-state index is 12.9. The van der Waals surface area contributed by atoms with Gasteiger partial charge in [-0.15, -0.1) is 10.2 Å². The van der Waals surface area contributed by atoms with Crippen molar-refractivity contribution in [3.8, 4) is 5.69 Å². The number of hydrazine groups is 1. The van der Waals surface area contributed by atoms with E-state index in [-0.39, 0.29) is 11.7 Å². The SMILES string of the molecule is Cc1ccc(-n2c(SCC(=O)NN3C(=O)NC4(CCCCC4)C3=O)nnc2N2CCCCC2)cc1. The highest BCUT2D eigenvalue weighted by Gasteiger charge is 2.52. The maximum Gasteiger partial charge on any atom is 0.344 e. The van der Waals surface area contributed by atoms with Crippen LogP contribution in [0.1, 0.15) is 56.9 Å². The topological polar surface area (TPSA) is 112 Å². The molecule has 11 heteroatoms. The molecule has 3 aliphatic rings. The smallest absolute Gasteiger partial charge is 0.341 e. The van der Waals surface area contributed by atoms with Crippen LogP contribution < -0.4 is 15.6 Å². The first-order valence-corrected chi connectivity index (χ1v) is 13.3. The van der Waals surface area contributed by atoms with Crippen molar-refractivity contribution < 1.29 is 14.4 Å². The number of imide groups is 1. The van der Waals surface area contributed by atoms with Crippen LogP contribution in [0.5, 0.6) is 0 Å². The normalized spacial score (nSPS) is 19.8. The van der Waals surface area contributed by atoms with E-state index in [4.69, 9.17) is 0 Å². The van der Waals surface area contributed by atoms with E-state index in [2.05, 4.69) is 25.8 Å². The quantitative estimate of drug-likeness (QED) is 0.466. The van der Waals surface area contributed by atoms with Gasteiger partial charge in [-0.2, -0.15) is 5.01 Å². The van der Waals surface area contributed by atoms with E-state index in [9.17, 15) is 14.4 Å². The van der Waals surface area contributed by atoms with E-state index < -0.39 is 17.5 Å². The minimum absolute atomic E-state index is 0.00590. The lowest BCUT2D eigenvalue weighted by Crippen LogP contribution is -2.51. The van der Waals surface area contributed by atoms with Crippen LogP contribution in [0.3, 0.4) is 0 Å². The number of aryl methyl sites for hydroxylation is 1. The highest BCUT2D eigenvalue weighted by atomic mass is 32.2. The van der Waals surface area contributed by atoms with Gasteiger partial charge < -0.3 is 10.2 Å². The molecular weight excluding hydrogens is 466 g/mol. The van der Waals surface area contributed by atoms with E-state index in [1.165, 1.54) is 18.2 Å². The van der Waals surface area contributed by atoms with Crippen LogP contribution in [-0.2, 0) is 9.59 Å². The highest BCUT2D eigenvalue weighted by molar-refractivity contribution is 7.99. The summed E-state index contributed by atoms with van der Waals surface area (Å²) in [6, 6.07) is 7.55. The lowest BCUT2D eigenvalue weighted by Gasteiger charge is -2.30. The molecular formula is C24H31N7O3S. The average Bonchev–Trinajstić information content (AvgIpc) is 3.39. The summed E-state index contributed by atoms with van der Waals surface area (Å²) < 4.78 is 1.98. The fourth-order valence-electron chi connectivity index (χ4n) is 5.08. The Morgan fingerprint density at radius 1 is 1.03 bits per heavy atom. The first kappa shape index (κ1) is 23.7. The Morgan fingerprint density at radius 3 is 2.43 bits per heavy atom. The predicted octanol–water partition coefficient (Wildman–Crippen LogP) is 2.94. The van der Waals surface area contributed by atoms with E-state index >= 15 is 0 Å². The van der Waals surface area contributed by atoms with Crippen LogP contribution >= 0.6 is 11.8 Å². The Labute approximate surface area is 208 Å². The fraction of sp³-hybridized carbons (Fsp3) is 0.542. The number of benzene rings is 1. The van der Waals surface area contributed by atoms with Gasteiger partial charge in [-0.3, -0.25) is 19.6 Å². The first-order chi connectivity index (χ1) is 17.0. The molecule has 0 radical (unpaired) electrons. The van der Waals surface area contributed by atoms with Crippen LogP contribution in [-0.4, -0.2) is 62.0 Å². The van der Waals surface area contributed by atoms with Gasteiger partial charge in [0, 0.05) is 13.1 Å². The Bertz CT molecular complexity index is 1100. The number of aromatic nitrogens is 3. The van der Waals surface area contributed by atoms with Gasteiger partial charge in [0.05, 0.1) is 11.4 Å². The number of thioether (sulfide) groups is 1. The van der Waals surface area contributed by atoms with Gasteiger partial charge in [-0.05, 0) is 51.2 Å². The van der Waals surface area contributed by atoms with Gasteiger partial charge in [0.2, 0.25) is 11.9 Å². The molecule has 1 aromatic carbocycles. The molecule has 3 fully saturated rings. The molecule has 1 saturated carbocycles. The van der Waals surface area contributed by atoms with Gasteiger partial charge in [0.1, 0.15) is 5.54 Å². The Kier molecular flexibility index (Phi) is 6.68. The molecule has 4 amide bonds. The molecule has 2 aliphatic heterocycles. The second-order valence-electron chi connectivity index (χ2n) is 9.54. The molecule has 1 spiro atoms. The molecule has 35 heavy (non-hydrogen) atoms. The van der Waals surface area contributed by atoms with Gasteiger partial charge in [-0.1, -0.05) is 48.7 Å². The predicted molar refractivity (Wildman–Crippen MR) is 132 cm³/mol. The third kappa shape index (κ3) is 4.73. The van der Waals surface area contributed by atoms with E-state index in [1.54, 1.807) is 0 Å². The lowest BCUT2D eigenvalue weighted by molar-refractivity contribution is -0.139. The van der Waals surface area contributed by atoms with Crippen LogP contribution in [0.15, 0.2) is 29.4 Å². The lowest BCUT2D eigenvalue weighted by atomic mass is 9.82. The van der Waals surface area contributed by atoms with E-state index in [0.717, 1.165) is 67.4 Å². The summed E-state index contributed by atoms with van der Waals surface area (Å²) in [5.74, 6) is -0.0430. The monoisotopic (exact) mass is 497 g/mol. The minimum atomic E-state index is -0.870. The van der Waals surface area contributed by atoms with Gasteiger partial charge in [0.15, 0.2) is 5.16 Å². The number of carbonyl (C=O) groups excluding carboxylic acids is 3. The van der Waals surface area contributed by atoms with E-state index in [1.807, 2.05) is 35.8 Å².